The van der Waals surface area contributed by atoms with Crippen LogP contribution in [0.4, 0.5) is 0 Å². The summed E-state index contributed by atoms with van der Waals surface area (Å²) in [5, 5.41) is 20.8. The van der Waals surface area contributed by atoms with Gasteiger partial charge in [-0.25, -0.2) is 0 Å². The molecule has 1 aromatic heterocycles. The fraction of sp³-hybridized carbons (Fsp3) is 0. The van der Waals surface area contributed by atoms with E-state index in [0.29, 0.717) is 5.56 Å². The van der Waals surface area contributed by atoms with Crippen molar-refractivity contribution in [3.05, 3.63) is 157 Å². The third kappa shape index (κ3) is 3.88. The van der Waals surface area contributed by atoms with Crippen molar-refractivity contribution >= 4 is 54.1 Å². The average molecular weight is 572 g/mol. The third-order valence-electron chi connectivity index (χ3n) is 9.16. The lowest BCUT2D eigenvalue weighted by atomic mass is 9.83. The molecule has 0 atom stereocenters. The van der Waals surface area contributed by atoms with Gasteiger partial charge in [-0.3, -0.25) is 0 Å². The Morgan fingerprint density at radius 3 is 1.98 bits per heavy atom. The zero-order valence-electron chi connectivity index (χ0n) is 24.3. The molecule has 0 aliphatic carbocycles. The Kier molecular flexibility index (Phi) is 5.60. The monoisotopic (exact) mass is 571 g/mol. The first-order chi connectivity index (χ1) is 22.3. The maximum atomic E-state index is 10.4. The Hall–Kier alpha value is -6.17. The second kappa shape index (κ2) is 9.95. The Bertz CT molecular complexity index is 2660. The van der Waals surface area contributed by atoms with Crippen LogP contribution in [0.1, 0.15) is 5.56 Å². The van der Waals surface area contributed by atoms with Gasteiger partial charge in [0, 0.05) is 27.5 Å². The molecule has 0 saturated heterocycles. The van der Waals surface area contributed by atoms with Crippen LogP contribution in [0.3, 0.4) is 0 Å². The average Bonchev–Trinajstić information content (AvgIpc) is 3.54. The molecule has 0 spiro atoms. The van der Waals surface area contributed by atoms with E-state index >= 15 is 0 Å². The highest BCUT2D eigenvalue weighted by molar-refractivity contribution is 6.20. The van der Waals surface area contributed by atoms with Gasteiger partial charge in [-0.1, -0.05) is 115 Å². The first kappa shape index (κ1) is 25.3. The van der Waals surface area contributed by atoms with Gasteiger partial charge < -0.3 is 4.42 Å². The predicted octanol–water partition coefficient (Wildman–Crippen LogP) is 11.9. The fourth-order valence-electron chi connectivity index (χ4n) is 7.08. The van der Waals surface area contributed by atoms with Crippen molar-refractivity contribution in [1.82, 2.24) is 0 Å². The predicted molar refractivity (Wildman–Crippen MR) is 187 cm³/mol. The number of furan rings is 1. The largest absolute Gasteiger partial charge is 0.463 e. The molecule has 0 aliphatic heterocycles. The Morgan fingerprint density at radius 2 is 1.13 bits per heavy atom. The van der Waals surface area contributed by atoms with E-state index in [2.05, 4.69) is 121 Å². The molecule has 2 heteroatoms. The second-order valence-electron chi connectivity index (χ2n) is 11.6. The van der Waals surface area contributed by atoms with Crippen LogP contribution >= 0.6 is 0 Å². The molecule has 45 heavy (non-hydrogen) atoms. The summed E-state index contributed by atoms with van der Waals surface area (Å²) in [6.07, 6.45) is 1.91. The van der Waals surface area contributed by atoms with E-state index in [4.69, 9.17) is 4.42 Å². The van der Waals surface area contributed by atoms with Crippen LogP contribution in [0.15, 0.2) is 156 Å². The van der Waals surface area contributed by atoms with Gasteiger partial charge in [-0.15, -0.1) is 0 Å². The van der Waals surface area contributed by atoms with Gasteiger partial charge in [0.05, 0.1) is 17.9 Å². The lowest BCUT2D eigenvalue weighted by Crippen LogP contribution is -1.94. The van der Waals surface area contributed by atoms with Gasteiger partial charge >= 0.3 is 0 Å². The standard InChI is InChI=1S/C43H25NO/c44-25-32-14-8-16-34(27-9-2-1-3-10-27)41(32)38-20-18-31-23-29-12-4-5-13-30(29)24-39(31)42(38)40-26-45-43-36-19-17-28-11-6-7-15-33(28)35(36)21-22-37(40)43/h1-24,26H. The van der Waals surface area contributed by atoms with Crippen LogP contribution < -0.4 is 0 Å². The molecule has 0 N–H and O–H groups in total. The van der Waals surface area contributed by atoms with Crippen LogP contribution in [-0.2, 0) is 0 Å². The molecule has 0 amide bonds. The minimum absolute atomic E-state index is 0.641. The number of nitriles is 1. The summed E-state index contributed by atoms with van der Waals surface area (Å²) in [4.78, 5) is 0. The molecule has 0 aliphatic rings. The van der Waals surface area contributed by atoms with Crippen molar-refractivity contribution in [3.63, 3.8) is 0 Å². The van der Waals surface area contributed by atoms with Gasteiger partial charge in [0.25, 0.3) is 0 Å². The highest BCUT2D eigenvalue weighted by atomic mass is 16.3. The van der Waals surface area contributed by atoms with Gasteiger partial charge in [-0.05, 0) is 84.7 Å². The summed E-state index contributed by atoms with van der Waals surface area (Å²) in [6, 6.07) is 53.5. The van der Waals surface area contributed by atoms with Gasteiger partial charge in [-0.2, -0.15) is 5.26 Å². The number of rotatable bonds is 3. The minimum atomic E-state index is 0.641. The highest BCUT2D eigenvalue weighted by Gasteiger charge is 2.22. The van der Waals surface area contributed by atoms with E-state index in [1.54, 1.807) is 0 Å². The molecule has 208 valence electrons. The zero-order chi connectivity index (χ0) is 29.9. The van der Waals surface area contributed by atoms with Crippen molar-refractivity contribution in [2.24, 2.45) is 0 Å². The fourth-order valence-corrected chi connectivity index (χ4v) is 7.08. The third-order valence-corrected chi connectivity index (χ3v) is 9.16. The lowest BCUT2D eigenvalue weighted by molar-refractivity contribution is 0.620. The molecule has 1 heterocycles. The summed E-state index contributed by atoms with van der Waals surface area (Å²) >= 11 is 0. The summed E-state index contributed by atoms with van der Waals surface area (Å²) in [5.74, 6) is 0. The van der Waals surface area contributed by atoms with E-state index in [0.717, 1.165) is 60.5 Å². The quantitative estimate of drug-likeness (QED) is 0.156. The summed E-state index contributed by atoms with van der Waals surface area (Å²) < 4.78 is 6.50. The van der Waals surface area contributed by atoms with Crippen molar-refractivity contribution in [2.75, 3.05) is 0 Å². The molecule has 0 radical (unpaired) electrons. The number of benzene rings is 8. The van der Waals surface area contributed by atoms with Crippen molar-refractivity contribution in [3.8, 4) is 39.4 Å². The molecule has 8 aromatic carbocycles. The van der Waals surface area contributed by atoms with E-state index in [-0.39, 0.29) is 0 Å². The smallest absolute Gasteiger partial charge is 0.142 e. The normalized spacial score (nSPS) is 11.5. The molecule has 9 aromatic rings. The van der Waals surface area contributed by atoms with E-state index in [1.165, 1.54) is 26.9 Å². The molecule has 0 fully saturated rings. The van der Waals surface area contributed by atoms with E-state index < -0.39 is 0 Å². The molecule has 0 saturated carbocycles. The Labute approximate surface area is 260 Å². The Morgan fingerprint density at radius 1 is 0.422 bits per heavy atom. The SMILES string of the molecule is N#Cc1cccc(-c2ccccc2)c1-c1ccc2cc3ccccc3cc2c1-c1coc2c1ccc1c3ccccc3ccc12. The number of hydrogen-bond donors (Lipinski definition) is 0. The first-order valence-electron chi connectivity index (χ1n) is 15.1. The lowest BCUT2D eigenvalue weighted by Gasteiger charge is -2.18. The van der Waals surface area contributed by atoms with Crippen molar-refractivity contribution in [1.29, 1.82) is 5.26 Å². The highest BCUT2D eigenvalue weighted by Crippen LogP contribution is 2.47. The van der Waals surface area contributed by atoms with Crippen molar-refractivity contribution in [2.45, 2.75) is 0 Å². The topological polar surface area (TPSA) is 36.9 Å². The summed E-state index contributed by atoms with van der Waals surface area (Å²) in [6.45, 7) is 0. The van der Waals surface area contributed by atoms with E-state index in [9.17, 15) is 5.26 Å². The summed E-state index contributed by atoms with van der Waals surface area (Å²) in [5.41, 5.74) is 7.63. The molecular weight excluding hydrogens is 546 g/mol. The first-order valence-corrected chi connectivity index (χ1v) is 15.1. The molecule has 9 rings (SSSR count). The molecular formula is C43H25NO. The summed E-state index contributed by atoms with van der Waals surface area (Å²) in [7, 11) is 0. The van der Waals surface area contributed by atoms with Crippen molar-refractivity contribution < 1.29 is 4.42 Å². The van der Waals surface area contributed by atoms with Crippen LogP contribution in [0, 0.1) is 11.3 Å². The zero-order valence-corrected chi connectivity index (χ0v) is 24.3. The van der Waals surface area contributed by atoms with Gasteiger partial charge in [0.15, 0.2) is 0 Å². The van der Waals surface area contributed by atoms with Crippen LogP contribution in [0.25, 0.3) is 87.4 Å². The second-order valence-corrected chi connectivity index (χ2v) is 11.6. The molecule has 0 unspecified atom stereocenters. The van der Waals surface area contributed by atoms with Crippen LogP contribution in [-0.4, -0.2) is 0 Å². The van der Waals surface area contributed by atoms with Crippen LogP contribution in [0.5, 0.6) is 0 Å². The Balaban J connectivity index is 1.42. The van der Waals surface area contributed by atoms with E-state index in [1.807, 2.05) is 36.6 Å². The molecule has 2 nitrogen and oxygen atoms in total. The number of nitrogens with zero attached hydrogens (tertiary/aromatic N) is 1. The maximum Gasteiger partial charge on any atom is 0.142 e. The minimum Gasteiger partial charge on any atom is -0.463 e. The molecule has 0 bridgehead atoms. The van der Waals surface area contributed by atoms with Crippen LogP contribution in [0.2, 0.25) is 0 Å². The number of fused-ring (bicyclic) bond motifs is 7. The van der Waals surface area contributed by atoms with Gasteiger partial charge in [0.2, 0.25) is 0 Å². The maximum absolute atomic E-state index is 10.4. The number of hydrogen-bond acceptors (Lipinski definition) is 2. The van der Waals surface area contributed by atoms with Gasteiger partial charge in [0.1, 0.15) is 5.58 Å².